The second-order valence-electron chi connectivity index (χ2n) is 25.6. The third-order valence-corrected chi connectivity index (χ3v) is 25.5. The van der Waals surface area contributed by atoms with Crippen molar-refractivity contribution in [2.24, 2.45) is 0 Å². The lowest BCUT2D eigenvalue weighted by molar-refractivity contribution is -0.0970. The van der Waals surface area contributed by atoms with Crippen molar-refractivity contribution >= 4 is 132 Å². The van der Waals surface area contributed by atoms with E-state index in [0.717, 1.165) is 68.9 Å². The Labute approximate surface area is 640 Å². The van der Waals surface area contributed by atoms with Crippen LogP contribution in [0.15, 0.2) is 61.7 Å². The number of aliphatic hydroxyl groups excluding tert-OH is 7. The predicted octanol–water partition coefficient (Wildman–Crippen LogP) is -6.21. The summed E-state index contributed by atoms with van der Waals surface area (Å²) in [5, 5.41) is 79.6. The molecule has 5 saturated heterocycles. The van der Waals surface area contributed by atoms with Crippen LogP contribution in [-0.2, 0) is 91.4 Å². The van der Waals surface area contributed by atoms with Crippen molar-refractivity contribution in [3.63, 3.8) is 0 Å². The first-order valence-corrected chi connectivity index (χ1v) is 41.9. The lowest BCUT2D eigenvalue weighted by atomic mass is 10.1. The van der Waals surface area contributed by atoms with E-state index in [1.54, 1.807) is 0 Å². The van der Waals surface area contributed by atoms with Gasteiger partial charge in [-0.3, -0.25) is 64.6 Å². The number of rotatable bonds is 30. The fourth-order valence-corrected chi connectivity index (χ4v) is 19.4. The Morgan fingerprint density at radius 3 is 1.08 bits per heavy atom. The molecule has 0 saturated carbocycles. The maximum absolute atomic E-state index is 14.4. The van der Waals surface area contributed by atoms with Crippen molar-refractivity contribution in [2.75, 3.05) is 61.7 Å². The number of nitrogens with two attached hydrogens (primary N) is 5. The van der Waals surface area contributed by atoms with E-state index in [-0.39, 0.29) is 85.0 Å². The average molecular weight is 1760 g/mol. The monoisotopic (exact) mass is 1760 g/mol. The Morgan fingerprint density at radius 1 is 0.371 bits per heavy atom. The summed E-state index contributed by atoms with van der Waals surface area (Å²) in [4.78, 5) is 137. The number of fused-ring (bicyclic) bond motifs is 5. The summed E-state index contributed by atoms with van der Waals surface area (Å²) < 4.78 is 166. The van der Waals surface area contributed by atoms with Gasteiger partial charge in [0.25, 0.3) is 5.56 Å². The second kappa shape index (κ2) is 31.5. The molecule has 6 unspecified atom stereocenters. The Balaban J connectivity index is 0.635. The zero-order valence-corrected chi connectivity index (χ0v) is 63.0. The van der Waals surface area contributed by atoms with Crippen LogP contribution in [-0.4, -0.2) is 292 Å². The average Bonchev–Trinajstić information content (AvgIpc) is 1.64. The molecule has 116 heavy (non-hydrogen) atoms. The van der Waals surface area contributed by atoms with Gasteiger partial charge in [0.15, 0.2) is 100 Å². The minimum absolute atomic E-state index is 0.0370. The first-order valence-electron chi connectivity index (χ1n) is 32.9. The summed E-state index contributed by atoms with van der Waals surface area (Å²) in [6, 6.07) is 0. The summed E-state index contributed by atoms with van der Waals surface area (Å²) in [7, 11) is -35.8. The maximum atomic E-state index is 14.4. The van der Waals surface area contributed by atoms with Gasteiger partial charge in [-0.15, -0.1) is 0 Å². The fraction of sp³-hybridized carbons (Fsp3) is 0.500. The van der Waals surface area contributed by atoms with E-state index in [1.165, 1.54) is 10.9 Å². The highest BCUT2D eigenvalue weighted by molar-refractivity contribution is 7.66. The fourth-order valence-electron chi connectivity index (χ4n) is 12.9. The molecular weight excluding hydrogens is 1700 g/mol. The Kier molecular flexibility index (Phi) is 22.5. The molecule has 5 aliphatic heterocycles. The number of imidazole rings is 5. The molecule has 0 spiro atoms. The minimum atomic E-state index is -6.38. The molecule has 0 aromatic carbocycles. The Bertz CT molecular complexity index is 5750. The molecule has 0 amide bonds. The van der Waals surface area contributed by atoms with E-state index in [4.69, 9.17) is 79.5 Å². The number of hydrogen-bond donors (Lipinski definition) is 19. The van der Waals surface area contributed by atoms with Gasteiger partial charge in [0.05, 0.1) is 64.7 Å². The second-order valence-corrected chi connectivity index (χ2v) is 34.5. The van der Waals surface area contributed by atoms with Gasteiger partial charge in [-0.2, -0.15) is 18.2 Å². The van der Waals surface area contributed by atoms with Crippen LogP contribution in [0.2, 0.25) is 0 Å². The van der Waals surface area contributed by atoms with Crippen molar-refractivity contribution < 1.29 is 161 Å². The van der Waals surface area contributed by atoms with Gasteiger partial charge >= 0.3 is 46.9 Å². The molecule has 628 valence electrons. The number of nitrogens with one attached hydrogen (secondary N) is 1. The SMILES string of the molecule is Nc1nc2c(ncn2[C@@H]2O[C@H](COP(=O)(O)OP(=O)(O)OP(=O)(O)OC[C@H]3O[C@@H](n4cnc5c(N)ncnc54)[C@H](O)[C@@H]3[OH+]P(=O)(O)OC[C@H]3O[C@@H](n4cnc5c(N)ncnc54)[C@H](O)[C@@H]3OP(=O)(O)OC[C@H]3O[C@@H](n4cnc5c(N)ncnc54)[C@H](O)[C@@H]3OP(=O)(O)OC[C@H]3O[C@@H](n4cnc5c(N)ncnc54)[C@H](O)[C@@H]3O)[C@@H](O)[C@H]2O)c(=O)[nH]1. The number of phosphoric ester groups is 4. The first-order chi connectivity index (χ1) is 54.7. The molecule has 0 radical (unpaired) electrons. The molecule has 5 fully saturated rings. The Hall–Kier alpha value is -8.19. The van der Waals surface area contributed by atoms with Gasteiger partial charge in [-0.1, -0.05) is 0 Å². The maximum Gasteiger partial charge on any atom is 0.632 e. The van der Waals surface area contributed by atoms with E-state index < -0.39 is 208 Å². The van der Waals surface area contributed by atoms with Gasteiger partial charge in [0.2, 0.25) is 12.1 Å². The third-order valence-electron chi connectivity index (χ3n) is 18.2. The number of ether oxygens (including phenoxy) is 5. The van der Waals surface area contributed by atoms with Crippen LogP contribution in [0.3, 0.4) is 0 Å². The first kappa shape index (κ1) is 82.9. The van der Waals surface area contributed by atoms with Crippen LogP contribution in [0.25, 0.3) is 55.8 Å². The highest BCUT2D eigenvalue weighted by atomic mass is 31.3. The normalized spacial score (nSPS) is 31.6. The highest BCUT2D eigenvalue weighted by Gasteiger charge is 2.58. The third kappa shape index (κ3) is 16.5. The van der Waals surface area contributed by atoms with Crippen LogP contribution in [0, 0.1) is 0 Å². The number of H-pyrrole nitrogens is 1. The van der Waals surface area contributed by atoms with E-state index in [1.807, 2.05) is 0 Å². The number of aromatic amines is 1. The van der Waals surface area contributed by atoms with Gasteiger partial charge in [0.1, 0.15) is 121 Å². The molecule has 15 heterocycles. The molecular formula is C50H64N25O35P6+. The van der Waals surface area contributed by atoms with E-state index in [0.29, 0.717) is 0 Å². The summed E-state index contributed by atoms with van der Waals surface area (Å²) in [5.41, 5.74) is 27.7. The number of aliphatic hydroxyl groups is 8. The summed E-state index contributed by atoms with van der Waals surface area (Å²) in [6.45, 7) is -6.38. The number of aromatic nitrogens is 20. The van der Waals surface area contributed by atoms with Crippen LogP contribution in [0.4, 0.5) is 29.2 Å². The predicted molar refractivity (Wildman–Crippen MR) is 370 cm³/mol. The molecule has 60 nitrogen and oxygen atoms in total. The number of nitrogens with zero attached hydrogens (tertiary/aromatic N) is 19. The van der Waals surface area contributed by atoms with Crippen LogP contribution >= 0.6 is 46.9 Å². The summed E-state index contributed by atoms with van der Waals surface area (Å²) in [6.07, 6.45) is -29.6. The molecule has 66 heteroatoms. The van der Waals surface area contributed by atoms with Crippen molar-refractivity contribution in [1.29, 1.82) is 0 Å². The van der Waals surface area contributed by atoms with Gasteiger partial charge in [0, 0.05) is 0 Å². The Morgan fingerprint density at radius 2 is 0.681 bits per heavy atom. The lowest BCUT2D eigenvalue weighted by Gasteiger charge is -2.26. The molecule has 26 atom stereocenters. The number of nitrogen functional groups attached to an aromatic ring is 5. The van der Waals surface area contributed by atoms with Gasteiger partial charge < -0.3 is 117 Å². The summed E-state index contributed by atoms with van der Waals surface area (Å²) >= 11 is 0. The smallest absolute Gasteiger partial charge is 0.387 e. The van der Waals surface area contributed by atoms with Crippen molar-refractivity contribution in [3.05, 3.63) is 67.3 Å². The van der Waals surface area contributed by atoms with Gasteiger partial charge in [-0.05, 0) is 0 Å². The molecule has 0 aliphatic carbocycles. The quantitative estimate of drug-likeness (QED) is 0.0147. The minimum Gasteiger partial charge on any atom is -0.387 e. The number of hydrogen-bond acceptors (Lipinski definition) is 47. The zero-order chi connectivity index (χ0) is 82.8. The highest BCUT2D eigenvalue weighted by Crippen LogP contribution is 2.68. The largest absolute Gasteiger partial charge is 0.632 e. The number of phosphoric acid groups is 5. The molecule has 5 aliphatic rings. The van der Waals surface area contributed by atoms with E-state index >= 15 is 0 Å². The lowest BCUT2D eigenvalue weighted by Crippen LogP contribution is -2.39. The van der Waals surface area contributed by atoms with E-state index in [2.05, 4.69) is 92.4 Å². The van der Waals surface area contributed by atoms with Gasteiger partial charge in [-0.25, -0.2) is 92.1 Å². The molecule has 25 N–H and O–H groups in total. The van der Waals surface area contributed by atoms with Crippen molar-refractivity contribution in [2.45, 2.75) is 123 Å². The van der Waals surface area contributed by atoms with Crippen LogP contribution < -0.4 is 34.2 Å². The van der Waals surface area contributed by atoms with Crippen LogP contribution in [0.1, 0.15) is 31.1 Å². The number of anilines is 5. The standard InChI is InChI=1S/C50H63N25O35P6/c51-35-20-39(60-6-56-35)71(10-64-20)45-27(78)25(76)15(101-45)1-96-111(84,85)106-32-17(103-47(29(32)80)72-11-65-21-36(52)57-7-61-40(21)72)3-97-112(86,87)107-33-18(104-48(30(33)81)73-12-66-22-37(53)58-8-62-41(22)73)4-98-113(88,89)108-34-19(105-49(31(34)82)74-13-67-23-38(54)59-9-63-42(23)74)5-100-115(92,93)110-116(94,95)109-114(90,91)99-2-16-26(77)28(79)46(102-16)75-14-68-24-43(75)69-50(55)70-44(24)83/h6-19,25-34,45-49,76-82H,1-5H2,(H,84,85)(H,86,87)(H,88,89)(H,90,91)(H,92,93)(H,94,95)(H2,51,56,60)(H2,52,57,61)(H2,53,58,62)(H2,54,59,63)(H3,55,69,70,83)/p+1/t15-,16-,17-,18-,19-,25-,26-,27-,28-,29-,30-,31-,32-,33-,34-,45-,46-,47-,48-,49-/m1/s1. The zero-order valence-electron chi connectivity index (χ0n) is 57.7. The molecule has 15 rings (SSSR count). The summed E-state index contributed by atoms with van der Waals surface area (Å²) in [5.74, 6) is -0.995. The molecule has 0 bridgehead atoms. The molecule has 10 aromatic heterocycles. The topological polar surface area (TPSA) is 876 Å². The van der Waals surface area contributed by atoms with Crippen LogP contribution in [0.5, 0.6) is 0 Å². The van der Waals surface area contributed by atoms with Crippen molar-refractivity contribution in [3.8, 4) is 0 Å². The van der Waals surface area contributed by atoms with Crippen molar-refractivity contribution in [1.82, 2.24) is 97.6 Å². The van der Waals surface area contributed by atoms with E-state index in [9.17, 15) is 97.3 Å². The molecule has 10 aromatic rings.